The zero-order valence-corrected chi connectivity index (χ0v) is 16.6. The van der Waals surface area contributed by atoms with Crippen LogP contribution in [0, 0.1) is 12.8 Å². The summed E-state index contributed by atoms with van der Waals surface area (Å²) < 4.78 is 0. The average molecular weight is 357 g/mol. The van der Waals surface area contributed by atoms with Gasteiger partial charge in [-0.3, -0.25) is 0 Å². The Kier molecular flexibility index (Phi) is 6.69. The average Bonchev–Trinajstić information content (AvgIpc) is 2.54. The largest absolute Gasteiger partial charge is 0.508 e. The number of hydrogen-bond acceptors (Lipinski definition) is 2. The fourth-order valence-corrected chi connectivity index (χ4v) is 4.27. The molecule has 142 valence electrons. The van der Waals surface area contributed by atoms with Gasteiger partial charge in [-0.1, -0.05) is 43.6 Å². The van der Waals surface area contributed by atoms with E-state index in [4.69, 9.17) is 0 Å². The second-order valence-corrected chi connectivity index (χ2v) is 7.76. The van der Waals surface area contributed by atoms with Gasteiger partial charge in [0.05, 0.1) is 5.56 Å². The van der Waals surface area contributed by atoms with Gasteiger partial charge >= 0.3 is 5.97 Å². The van der Waals surface area contributed by atoms with Crippen LogP contribution in [-0.4, -0.2) is 16.2 Å². The molecule has 1 aliphatic rings. The van der Waals surface area contributed by atoms with Crippen LogP contribution in [0.25, 0.3) is 0 Å². The zero-order valence-electron chi connectivity index (χ0n) is 16.6. The lowest BCUT2D eigenvalue weighted by Crippen LogP contribution is -2.19. The Bertz CT molecular complexity index is 727. The maximum Gasteiger partial charge on any atom is 0.336 e. The summed E-state index contributed by atoms with van der Waals surface area (Å²) in [5.41, 5.74) is 4.94. The summed E-state index contributed by atoms with van der Waals surface area (Å²) in [5, 5.41) is 20.7. The van der Waals surface area contributed by atoms with E-state index in [1.165, 1.54) is 5.57 Å². The van der Waals surface area contributed by atoms with Crippen molar-refractivity contribution in [1.29, 1.82) is 0 Å². The summed E-state index contributed by atoms with van der Waals surface area (Å²) in [4.78, 5) is 12.0. The van der Waals surface area contributed by atoms with Gasteiger partial charge in [0.1, 0.15) is 5.75 Å². The molecule has 0 spiro atoms. The van der Waals surface area contributed by atoms with E-state index < -0.39 is 5.97 Å². The first-order valence-electron chi connectivity index (χ1n) is 9.69. The van der Waals surface area contributed by atoms with Crippen LogP contribution in [0.15, 0.2) is 29.9 Å². The number of unbranched alkanes of at least 4 members (excludes halogenated alkanes) is 2. The van der Waals surface area contributed by atoms with Crippen molar-refractivity contribution in [1.82, 2.24) is 0 Å². The summed E-state index contributed by atoms with van der Waals surface area (Å²) in [5.74, 6) is -0.459. The van der Waals surface area contributed by atoms with Gasteiger partial charge in [0.15, 0.2) is 0 Å². The molecule has 2 atom stereocenters. The van der Waals surface area contributed by atoms with Crippen LogP contribution in [0.4, 0.5) is 0 Å². The number of phenolic OH excluding ortho intramolecular Hbond substituents is 1. The Balaban J connectivity index is 2.58. The Morgan fingerprint density at radius 1 is 1.31 bits per heavy atom. The van der Waals surface area contributed by atoms with Crippen molar-refractivity contribution < 1.29 is 15.0 Å². The highest BCUT2D eigenvalue weighted by Gasteiger charge is 2.31. The molecule has 0 unspecified atom stereocenters. The molecule has 0 amide bonds. The number of rotatable bonds is 7. The van der Waals surface area contributed by atoms with Crippen molar-refractivity contribution >= 4 is 5.97 Å². The van der Waals surface area contributed by atoms with Gasteiger partial charge in [-0.2, -0.15) is 0 Å². The third-order valence-corrected chi connectivity index (χ3v) is 5.66. The van der Waals surface area contributed by atoms with Crippen LogP contribution in [0.2, 0.25) is 0 Å². The van der Waals surface area contributed by atoms with Gasteiger partial charge in [0, 0.05) is 11.5 Å². The number of hydrogen-bond donors (Lipinski definition) is 2. The number of phenols is 1. The first kappa shape index (κ1) is 20.3. The molecule has 0 aliphatic heterocycles. The van der Waals surface area contributed by atoms with Crippen LogP contribution in [-0.2, 0) is 6.42 Å². The maximum atomic E-state index is 12.0. The number of carboxylic acid groups (broad SMARTS) is 1. The number of aromatic hydroxyl groups is 1. The summed E-state index contributed by atoms with van der Waals surface area (Å²) >= 11 is 0. The molecule has 0 saturated heterocycles. The van der Waals surface area contributed by atoms with Crippen LogP contribution >= 0.6 is 0 Å². The number of carbonyl (C=O) groups is 1. The summed E-state index contributed by atoms with van der Waals surface area (Å²) in [6, 6.07) is 1.69. The molecule has 26 heavy (non-hydrogen) atoms. The lowest BCUT2D eigenvalue weighted by molar-refractivity contribution is 0.0694. The number of aromatic carboxylic acids is 1. The van der Waals surface area contributed by atoms with E-state index in [1.807, 2.05) is 13.8 Å². The summed E-state index contributed by atoms with van der Waals surface area (Å²) in [6.07, 6.45) is 7.96. The monoisotopic (exact) mass is 356 g/mol. The Morgan fingerprint density at radius 2 is 2.00 bits per heavy atom. The van der Waals surface area contributed by atoms with Crippen molar-refractivity contribution in [2.45, 2.75) is 72.1 Å². The molecule has 0 heterocycles. The van der Waals surface area contributed by atoms with Crippen LogP contribution in [0.1, 0.15) is 85.8 Å². The molecule has 2 N–H and O–H groups in total. The number of allylic oxidation sites excluding steroid dienone is 3. The van der Waals surface area contributed by atoms with E-state index in [9.17, 15) is 15.0 Å². The van der Waals surface area contributed by atoms with Crippen LogP contribution < -0.4 is 0 Å². The zero-order chi connectivity index (χ0) is 19.4. The molecular weight excluding hydrogens is 324 g/mol. The molecule has 0 radical (unpaired) electrons. The number of benzene rings is 1. The van der Waals surface area contributed by atoms with Gasteiger partial charge in [0.25, 0.3) is 0 Å². The maximum absolute atomic E-state index is 12.0. The predicted molar refractivity (Wildman–Crippen MR) is 107 cm³/mol. The van der Waals surface area contributed by atoms with Crippen molar-refractivity contribution in [2.24, 2.45) is 5.92 Å². The van der Waals surface area contributed by atoms with E-state index in [1.54, 1.807) is 6.07 Å². The van der Waals surface area contributed by atoms with Crippen molar-refractivity contribution in [2.75, 3.05) is 0 Å². The van der Waals surface area contributed by atoms with Gasteiger partial charge in [-0.15, -0.1) is 0 Å². The summed E-state index contributed by atoms with van der Waals surface area (Å²) in [6.45, 7) is 12.2. The highest BCUT2D eigenvalue weighted by Crippen LogP contribution is 2.45. The minimum atomic E-state index is -0.904. The first-order valence-corrected chi connectivity index (χ1v) is 9.69. The normalized spacial score (nSPS) is 19.9. The molecule has 0 fully saturated rings. The SMILES string of the molecule is C=C(C)[C@@H]1CCC(C)=C[C@H]1c1c(O)cc(CCCCC)c(C(=O)O)c1C. The molecule has 1 aromatic rings. The third-order valence-electron chi connectivity index (χ3n) is 5.66. The van der Waals surface area contributed by atoms with Crippen molar-refractivity contribution in [3.63, 3.8) is 0 Å². The molecule has 0 saturated carbocycles. The lowest BCUT2D eigenvalue weighted by atomic mass is 9.72. The third kappa shape index (κ3) is 4.20. The van der Waals surface area contributed by atoms with Gasteiger partial charge in [-0.05, 0) is 69.6 Å². The predicted octanol–water partition coefficient (Wildman–Crippen LogP) is 6.15. The van der Waals surface area contributed by atoms with Crippen LogP contribution in [0.3, 0.4) is 0 Å². The van der Waals surface area contributed by atoms with Gasteiger partial charge < -0.3 is 10.2 Å². The van der Waals surface area contributed by atoms with Gasteiger partial charge in [0.2, 0.25) is 0 Å². The van der Waals surface area contributed by atoms with Crippen molar-refractivity contribution in [3.05, 3.63) is 52.1 Å². The molecule has 1 aliphatic carbocycles. The number of carboxylic acids is 1. The van der Waals surface area contributed by atoms with E-state index in [0.29, 0.717) is 17.5 Å². The smallest absolute Gasteiger partial charge is 0.336 e. The fraction of sp³-hybridized carbons (Fsp3) is 0.522. The topological polar surface area (TPSA) is 57.5 Å². The molecule has 1 aromatic carbocycles. The molecule has 3 heteroatoms. The van der Waals surface area contributed by atoms with Crippen molar-refractivity contribution in [3.8, 4) is 5.75 Å². The molecule has 3 nitrogen and oxygen atoms in total. The van der Waals surface area contributed by atoms with E-state index in [2.05, 4.69) is 26.5 Å². The Labute approximate surface area is 157 Å². The molecule has 0 bridgehead atoms. The van der Waals surface area contributed by atoms with E-state index in [0.717, 1.165) is 48.8 Å². The van der Waals surface area contributed by atoms with Crippen LogP contribution in [0.5, 0.6) is 5.75 Å². The second kappa shape index (κ2) is 8.57. The van der Waals surface area contributed by atoms with Gasteiger partial charge in [-0.25, -0.2) is 4.79 Å². The summed E-state index contributed by atoms with van der Waals surface area (Å²) in [7, 11) is 0. The second-order valence-electron chi connectivity index (χ2n) is 7.76. The minimum absolute atomic E-state index is 0.0101. The first-order chi connectivity index (χ1) is 12.3. The van der Waals surface area contributed by atoms with E-state index in [-0.39, 0.29) is 17.6 Å². The fourth-order valence-electron chi connectivity index (χ4n) is 4.27. The molecular formula is C23H32O3. The Morgan fingerprint density at radius 3 is 2.58 bits per heavy atom. The quantitative estimate of drug-likeness (QED) is 0.455. The highest BCUT2D eigenvalue weighted by molar-refractivity contribution is 5.92. The number of aryl methyl sites for hydroxylation is 1. The van der Waals surface area contributed by atoms with E-state index >= 15 is 0 Å². The molecule has 0 aromatic heterocycles. The molecule has 2 rings (SSSR count). The standard InChI is InChI=1S/C23H32O3/c1-6-7-8-9-17-13-20(24)22(16(5)21(17)23(25)26)19-12-15(4)10-11-18(19)14(2)3/h12-13,18-19,24H,2,6-11H2,1,3-5H3,(H,25,26)/t18-,19+/m0/s1. The Hall–Kier alpha value is -2.03. The highest BCUT2D eigenvalue weighted by atomic mass is 16.4. The minimum Gasteiger partial charge on any atom is -0.508 e. The lowest BCUT2D eigenvalue weighted by Gasteiger charge is -2.32.